The van der Waals surface area contributed by atoms with Gasteiger partial charge in [-0.05, 0) is 36.4 Å². The highest BCUT2D eigenvalue weighted by Gasteiger charge is 2.87. The summed E-state index contributed by atoms with van der Waals surface area (Å²) in [6.07, 6.45) is -5.62. The highest BCUT2D eigenvalue weighted by atomic mass is 19.4. The number of carbonyl (C=O) groups excluding carboxylic acids is 2. The number of imide groups is 1. The standard InChI is InChI=1S/C21H12F14N2O3/c22-11-2-1-3-12(23)13(11)14(38)37-16(39)36-9-4-6-10(7-5-9)40-8-17(26,27)19(30,31)21(34,35)20(32,33)18(28,29)15(24)25/h1-7,15H,8H2,(H2,36,37,38,39). The van der Waals surface area contributed by atoms with E-state index in [4.69, 9.17) is 0 Å². The molecule has 0 fully saturated rings. The molecule has 222 valence electrons. The summed E-state index contributed by atoms with van der Waals surface area (Å²) in [5.41, 5.74) is -1.44. The van der Waals surface area contributed by atoms with Gasteiger partial charge in [0.1, 0.15) is 22.9 Å². The zero-order valence-corrected chi connectivity index (χ0v) is 18.8. The zero-order valence-electron chi connectivity index (χ0n) is 18.8. The summed E-state index contributed by atoms with van der Waals surface area (Å²) in [4.78, 5) is 23.7. The fourth-order valence-electron chi connectivity index (χ4n) is 2.72. The van der Waals surface area contributed by atoms with E-state index < -0.39 is 77.5 Å². The summed E-state index contributed by atoms with van der Waals surface area (Å²) in [6.45, 7) is -2.85. The van der Waals surface area contributed by atoms with Gasteiger partial charge in [0.25, 0.3) is 5.91 Å². The lowest BCUT2D eigenvalue weighted by molar-refractivity contribution is -0.414. The minimum absolute atomic E-state index is 0.316. The number of alkyl halides is 12. The number of ether oxygens (including phenoxy) is 1. The van der Waals surface area contributed by atoms with Crippen molar-refractivity contribution in [3.05, 3.63) is 59.7 Å². The highest BCUT2D eigenvalue weighted by Crippen LogP contribution is 2.58. The highest BCUT2D eigenvalue weighted by molar-refractivity contribution is 6.08. The SMILES string of the molecule is O=C(NC(=O)c1c(F)cccc1F)Nc1ccc(OCC(F)(F)C(F)(F)C(F)(F)C(F)(F)C(F)(F)C(F)F)cc1. The molecule has 0 saturated carbocycles. The van der Waals surface area contributed by atoms with Gasteiger partial charge in [-0.3, -0.25) is 10.1 Å². The lowest BCUT2D eigenvalue weighted by Gasteiger charge is -2.39. The molecule has 40 heavy (non-hydrogen) atoms. The van der Waals surface area contributed by atoms with Crippen LogP contribution in [0.3, 0.4) is 0 Å². The predicted molar refractivity (Wildman–Crippen MR) is 106 cm³/mol. The van der Waals surface area contributed by atoms with Gasteiger partial charge in [0, 0.05) is 5.69 Å². The number of nitrogens with one attached hydrogen (secondary N) is 2. The number of urea groups is 1. The van der Waals surface area contributed by atoms with Crippen LogP contribution in [0.2, 0.25) is 0 Å². The number of hydrogen-bond acceptors (Lipinski definition) is 3. The van der Waals surface area contributed by atoms with Crippen molar-refractivity contribution in [3.63, 3.8) is 0 Å². The normalized spacial score (nSPS) is 13.3. The number of halogens is 14. The van der Waals surface area contributed by atoms with Gasteiger partial charge in [-0.2, -0.15) is 43.9 Å². The van der Waals surface area contributed by atoms with E-state index in [1.165, 1.54) is 5.32 Å². The Balaban J connectivity index is 2.09. The lowest BCUT2D eigenvalue weighted by Crippen LogP contribution is -2.69. The van der Waals surface area contributed by atoms with Crippen LogP contribution in [0.4, 0.5) is 71.9 Å². The average Bonchev–Trinajstić information content (AvgIpc) is 2.82. The van der Waals surface area contributed by atoms with Gasteiger partial charge in [-0.15, -0.1) is 0 Å². The van der Waals surface area contributed by atoms with Crippen LogP contribution in [0.1, 0.15) is 10.4 Å². The third-order valence-electron chi connectivity index (χ3n) is 4.89. The van der Waals surface area contributed by atoms with Crippen molar-refractivity contribution in [3.8, 4) is 5.75 Å². The van der Waals surface area contributed by atoms with E-state index in [-0.39, 0.29) is 5.69 Å². The van der Waals surface area contributed by atoms with Crippen LogP contribution in [0, 0.1) is 11.6 Å². The molecule has 19 heteroatoms. The molecule has 3 amide bonds. The predicted octanol–water partition coefficient (Wildman–Crippen LogP) is 6.75. The van der Waals surface area contributed by atoms with E-state index in [1.54, 1.807) is 0 Å². The summed E-state index contributed by atoms with van der Waals surface area (Å²) in [5, 5.41) is 3.44. The van der Waals surface area contributed by atoms with Crippen molar-refractivity contribution in [2.75, 3.05) is 11.9 Å². The van der Waals surface area contributed by atoms with Crippen molar-refractivity contribution < 1.29 is 75.8 Å². The first-order valence-electron chi connectivity index (χ1n) is 10.1. The molecule has 0 unspecified atom stereocenters. The molecule has 0 atom stereocenters. The van der Waals surface area contributed by atoms with Gasteiger partial charge in [-0.25, -0.2) is 22.4 Å². The van der Waals surface area contributed by atoms with Gasteiger partial charge < -0.3 is 10.1 Å². The number of rotatable bonds is 10. The van der Waals surface area contributed by atoms with E-state index in [2.05, 4.69) is 4.74 Å². The molecule has 2 aromatic rings. The van der Waals surface area contributed by atoms with Gasteiger partial charge in [-0.1, -0.05) is 6.07 Å². The first-order chi connectivity index (χ1) is 18.1. The first kappa shape index (κ1) is 32.4. The fraction of sp³-hybridized carbons (Fsp3) is 0.333. The summed E-state index contributed by atoms with van der Waals surface area (Å²) >= 11 is 0. The van der Waals surface area contributed by atoms with E-state index in [0.29, 0.717) is 24.3 Å². The molecule has 0 bridgehead atoms. The summed E-state index contributed by atoms with van der Waals surface area (Å²) < 4.78 is 190. The van der Waals surface area contributed by atoms with Crippen molar-refractivity contribution >= 4 is 17.6 Å². The molecular weight excluding hydrogens is 594 g/mol. The van der Waals surface area contributed by atoms with Crippen LogP contribution < -0.4 is 15.4 Å². The molecule has 0 aromatic heterocycles. The number of benzene rings is 2. The summed E-state index contributed by atoms with van der Waals surface area (Å²) in [5.74, 6) is -41.2. The second-order valence-electron chi connectivity index (χ2n) is 7.67. The maximum absolute atomic E-state index is 13.8. The molecule has 0 aliphatic rings. The van der Waals surface area contributed by atoms with Crippen LogP contribution in [0.25, 0.3) is 0 Å². The third kappa shape index (κ3) is 5.86. The molecule has 0 saturated heterocycles. The third-order valence-corrected chi connectivity index (χ3v) is 4.89. The zero-order chi connectivity index (χ0) is 30.9. The van der Waals surface area contributed by atoms with Crippen molar-refractivity contribution in [1.82, 2.24) is 5.32 Å². The molecule has 0 radical (unpaired) electrons. The Morgan fingerprint density at radius 3 is 1.73 bits per heavy atom. The topological polar surface area (TPSA) is 67.4 Å². The number of carbonyl (C=O) groups is 2. The van der Waals surface area contributed by atoms with Gasteiger partial charge in [0.15, 0.2) is 6.61 Å². The van der Waals surface area contributed by atoms with Gasteiger partial charge in [0.2, 0.25) is 0 Å². The molecule has 2 N–H and O–H groups in total. The molecule has 5 nitrogen and oxygen atoms in total. The first-order valence-corrected chi connectivity index (χ1v) is 10.1. The smallest absolute Gasteiger partial charge is 0.384 e. The Labute approximate surface area is 213 Å². The van der Waals surface area contributed by atoms with Crippen molar-refractivity contribution in [1.29, 1.82) is 0 Å². The van der Waals surface area contributed by atoms with Crippen LogP contribution in [-0.2, 0) is 0 Å². The van der Waals surface area contributed by atoms with Crippen LogP contribution in [0.5, 0.6) is 5.75 Å². The van der Waals surface area contributed by atoms with Gasteiger partial charge in [0.05, 0.1) is 0 Å². The lowest BCUT2D eigenvalue weighted by atomic mass is 9.94. The molecule has 2 aromatic carbocycles. The number of hydrogen-bond donors (Lipinski definition) is 2. The Morgan fingerprint density at radius 2 is 1.25 bits per heavy atom. The van der Waals surface area contributed by atoms with Crippen molar-refractivity contribution in [2.24, 2.45) is 0 Å². The Morgan fingerprint density at radius 1 is 0.750 bits per heavy atom. The Bertz CT molecular complexity index is 1220. The Kier molecular flexibility index (Phi) is 8.91. The minimum Gasteiger partial charge on any atom is -0.487 e. The molecule has 2 rings (SSSR count). The molecular formula is C21H12F14N2O3. The summed E-state index contributed by atoms with van der Waals surface area (Å²) in [6, 6.07) is 3.65. The molecule has 0 heterocycles. The monoisotopic (exact) mass is 606 g/mol. The maximum atomic E-state index is 13.8. The largest absolute Gasteiger partial charge is 0.487 e. The van der Waals surface area contributed by atoms with Gasteiger partial charge >= 0.3 is 42.1 Å². The van der Waals surface area contributed by atoms with E-state index in [9.17, 15) is 71.1 Å². The minimum atomic E-state index is -7.70. The van der Waals surface area contributed by atoms with E-state index in [1.807, 2.05) is 5.32 Å². The number of amides is 3. The molecule has 0 spiro atoms. The number of anilines is 1. The maximum Gasteiger partial charge on any atom is 0.384 e. The van der Waals surface area contributed by atoms with Crippen LogP contribution >= 0.6 is 0 Å². The summed E-state index contributed by atoms with van der Waals surface area (Å²) in [7, 11) is 0. The Hall–Kier alpha value is -3.80. The second kappa shape index (κ2) is 11.0. The van der Waals surface area contributed by atoms with Crippen LogP contribution in [0.15, 0.2) is 42.5 Å². The fourth-order valence-corrected chi connectivity index (χ4v) is 2.72. The molecule has 0 aliphatic carbocycles. The second-order valence-corrected chi connectivity index (χ2v) is 7.67. The van der Waals surface area contributed by atoms with E-state index in [0.717, 1.165) is 18.2 Å². The van der Waals surface area contributed by atoms with Crippen LogP contribution in [-0.4, -0.2) is 54.6 Å². The van der Waals surface area contributed by atoms with E-state index >= 15 is 0 Å². The molecule has 0 aliphatic heterocycles. The van der Waals surface area contributed by atoms with Crippen molar-refractivity contribution in [2.45, 2.75) is 36.0 Å². The quantitative estimate of drug-likeness (QED) is 0.295. The average molecular weight is 606 g/mol.